The van der Waals surface area contributed by atoms with Gasteiger partial charge < -0.3 is 5.32 Å². The van der Waals surface area contributed by atoms with E-state index in [-0.39, 0.29) is 18.1 Å². The Labute approximate surface area is 125 Å². The Hall–Kier alpha value is -1.47. The molecule has 7 heteroatoms. The maximum absolute atomic E-state index is 11.7. The van der Waals surface area contributed by atoms with Gasteiger partial charge in [0.1, 0.15) is 0 Å². The van der Waals surface area contributed by atoms with E-state index in [0.717, 1.165) is 18.4 Å². The molecule has 1 fully saturated rings. The molecule has 1 aromatic carbocycles. The van der Waals surface area contributed by atoms with E-state index in [1.54, 1.807) is 6.07 Å². The number of nitro groups is 1. The monoisotopic (exact) mass is 341 g/mol. The summed E-state index contributed by atoms with van der Waals surface area (Å²) in [5.74, 6) is -0.00319. The van der Waals surface area contributed by atoms with Crippen LogP contribution < -0.4 is 5.32 Å². The predicted octanol–water partition coefficient (Wildman–Crippen LogP) is 2.07. The third-order valence-corrected chi connectivity index (χ3v) is 3.97. The highest BCUT2D eigenvalue weighted by Crippen LogP contribution is 2.28. The fourth-order valence-electron chi connectivity index (χ4n) is 1.92. The first-order chi connectivity index (χ1) is 9.47. The number of nitrogens with zero attached hydrogens (tertiary/aromatic N) is 2. The van der Waals surface area contributed by atoms with Crippen molar-refractivity contribution in [3.05, 3.63) is 38.3 Å². The summed E-state index contributed by atoms with van der Waals surface area (Å²) in [6.45, 7) is 0.756. The first kappa shape index (κ1) is 14.9. The van der Waals surface area contributed by atoms with Gasteiger partial charge in [-0.15, -0.1) is 0 Å². The lowest BCUT2D eigenvalue weighted by Gasteiger charge is -2.17. The number of carbonyl (C=O) groups excluding carboxylic acids is 1. The number of rotatable bonds is 6. The Kier molecular flexibility index (Phi) is 4.72. The van der Waals surface area contributed by atoms with Crippen LogP contribution in [-0.4, -0.2) is 35.4 Å². The van der Waals surface area contributed by atoms with Crippen molar-refractivity contribution in [3.8, 4) is 0 Å². The van der Waals surface area contributed by atoms with Crippen molar-refractivity contribution in [1.29, 1.82) is 0 Å². The molecule has 1 aliphatic carbocycles. The number of likely N-dealkylation sites (N-methyl/N-ethyl adjacent to an activating group) is 1. The van der Waals surface area contributed by atoms with Crippen molar-refractivity contribution >= 4 is 27.5 Å². The molecule has 1 N–H and O–H groups in total. The van der Waals surface area contributed by atoms with Gasteiger partial charge in [-0.3, -0.25) is 19.8 Å². The summed E-state index contributed by atoms with van der Waals surface area (Å²) < 4.78 is 0.472. The number of nitro benzene ring substituents is 1. The number of hydrogen-bond acceptors (Lipinski definition) is 4. The van der Waals surface area contributed by atoms with Crippen molar-refractivity contribution in [2.45, 2.75) is 25.4 Å². The van der Waals surface area contributed by atoms with E-state index in [0.29, 0.717) is 17.1 Å². The number of amides is 1. The molecule has 6 nitrogen and oxygen atoms in total. The van der Waals surface area contributed by atoms with Gasteiger partial charge in [-0.05, 0) is 41.4 Å². The quantitative estimate of drug-likeness (QED) is 0.634. The Morgan fingerprint density at radius 1 is 1.55 bits per heavy atom. The van der Waals surface area contributed by atoms with Gasteiger partial charge in [0, 0.05) is 18.7 Å². The van der Waals surface area contributed by atoms with Gasteiger partial charge in [-0.2, -0.15) is 0 Å². The molecule has 2 rings (SSSR count). The van der Waals surface area contributed by atoms with Crippen molar-refractivity contribution in [1.82, 2.24) is 10.2 Å². The Balaban J connectivity index is 1.96. The van der Waals surface area contributed by atoms with E-state index in [1.807, 2.05) is 18.0 Å². The van der Waals surface area contributed by atoms with Crippen LogP contribution in [0.2, 0.25) is 0 Å². The molecule has 1 aliphatic rings. The first-order valence-electron chi connectivity index (χ1n) is 6.37. The highest BCUT2D eigenvalue weighted by molar-refractivity contribution is 9.10. The Morgan fingerprint density at radius 2 is 2.25 bits per heavy atom. The smallest absolute Gasteiger partial charge is 0.283 e. The van der Waals surface area contributed by atoms with Crippen molar-refractivity contribution in [2.24, 2.45) is 0 Å². The molecular weight excluding hydrogens is 326 g/mol. The summed E-state index contributed by atoms with van der Waals surface area (Å²) >= 11 is 3.26. The predicted molar refractivity (Wildman–Crippen MR) is 78.3 cm³/mol. The molecule has 108 valence electrons. The van der Waals surface area contributed by atoms with Crippen LogP contribution in [0.25, 0.3) is 0 Å². The minimum absolute atomic E-state index is 0.00319. The van der Waals surface area contributed by atoms with Crippen LogP contribution in [0, 0.1) is 10.1 Å². The average Bonchev–Trinajstić information content (AvgIpc) is 3.14. The summed E-state index contributed by atoms with van der Waals surface area (Å²) in [6, 6.07) is 5.26. The lowest BCUT2D eigenvalue weighted by atomic mass is 10.2. The third-order valence-electron chi connectivity index (χ3n) is 3.05. The van der Waals surface area contributed by atoms with Crippen LogP contribution >= 0.6 is 15.9 Å². The normalized spacial score (nSPS) is 14.3. The minimum Gasteiger partial charge on any atom is -0.352 e. The van der Waals surface area contributed by atoms with E-state index in [2.05, 4.69) is 21.2 Å². The van der Waals surface area contributed by atoms with Crippen molar-refractivity contribution in [3.63, 3.8) is 0 Å². The summed E-state index contributed by atoms with van der Waals surface area (Å²) in [4.78, 5) is 24.0. The Morgan fingerprint density at radius 3 is 2.85 bits per heavy atom. The summed E-state index contributed by atoms with van der Waals surface area (Å²) in [6.07, 6.45) is 2.12. The fourth-order valence-corrected chi connectivity index (χ4v) is 2.46. The molecule has 0 atom stereocenters. The van der Waals surface area contributed by atoms with Crippen molar-refractivity contribution in [2.75, 3.05) is 13.6 Å². The number of benzene rings is 1. The van der Waals surface area contributed by atoms with Crippen LogP contribution in [0.3, 0.4) is 0 Å². The minimum atomic E-state index is -0.423. The lowest BCUT2D eigenvalue weighted by Crippen LogP contribution is -2.36. The Bertz CT molecular complexity index is 532. The van der Waals surface area contributed by atoms with E-state index in [4.69, 9.17) is 0 Å². The largest absolute Gasteiger partial charge is 0.352 e. The van der Waals surface area contributed by atoms with Gasteiger partial charge in [-0.25, -0.2) is 0 Å². The first-order valence-corrected chi connectivity index (χ1v) is 7.16. The highest BCUT2D eigenvalue weighted by Gasteiger charge is 2.23. The van der Waals surface area contributed by atoms with Gasteiger partial charge in [-0.1, -0.05) is 12.1 Å². The fraction of sp³-hybridized carbons (Fsp3) is 0.462. The molecule has 1 amide bonds. The van der Waals surface area contributed by atoms with Gasteiger partial charge >= 0.3 is 0 Å². The van der Waals surface area contributed by atoms with E-state index in [1.165, 1.54) is 6.07 Å². The molecule has 0 unspecified atom stereocenters. The molecule has 20 heavy (non-hydrogen) atoms. The van der Waals surface area contributed by atoms with Crippen molar-refractivity contribution < 1.29 is 9.72 Å². The zero-order chi connectivity index (χ0) is 14.7. The molecule has 0 aromatic heterocycles. The molecule has 0 heterocycles. The zero-order valence-corrected chi connectivity index (χ0v) is 12.7. The van der Waals surface area contributed by atoms with Gasteiger partial charge in [0.15, 0.2) is 0 Å². The summed E-state index contributed by atoms with van der Waals surface area (Å²) in [5.41, 5.74) is 0.833. The second-order valence-electron chi connectivity index (χ2n) is 5.02. The third kappa shape index (κ3) is 4.01. The maximum Gasteiger partial charge on any atom is 0.283 e. The molecule has 0 saturated heterocycles. The molecule has 1 saturated carbocycles. The number of nitrogens with one attached hydrogen (secondary N) is 1. The van der Waals surface area contributed by atoms with Gasteiger partial charge in [0.2, 0.25) is 5.91 Å². The van der Waals surface area contributed by atoms with E-state index in [9.17, 15) is 14.9 Å². The lowest BCUT2D eigenvalue weighted by molar-refractivity contribution is -0.385. The number of carbonyl (C=O) groups is 1. The van der Waals surface area contributed by atoms with Crippen LogP contribution in [0.1, 0.15) is 18.4 Å². The zero-order valence-electron chi connectivity index (χ0n) is 11.1. The second kappa shape index (κ2) is 6.32. The van der Waals surface area contributed by atoms with Gasteiger partial charge in [0.25, 0.3) is 5.69 Å². The topological polar surface area (TPSA) is 75.5 Å². The highest BCUT2D eigenvalue weighted by atomic mass is 79.9. The summed E-state index contributed by atoms with van der Waals surface area (Å²) in [7, 11) is 1.82. The molecule has 0 bridgehead atoms. The van der Waals surface area contributed by atoms with E-state index >= 15 is 0 Å². The van der Waals surface area contributed by atoms with Crippen LogP contribution in [0.5, 0.6) is 0 Å². The molecule has 1 aromatic rings. The molecular formula is C13H16BrN3O3. The maximum atomic E-state index is 11.7. The van der Waals surface area contributed by atoms with E-state index < -0.39 is 4.92 Å². The second-order valence-corrected chi connectivity index (χ2v) is 5.81. The standard InChI is InChI=1S/C13H16BrN3O3/c1-16(8-12(18)15-10-5-6-10)7-9-3-2-4-11(13(9)14)17(19)20/h2-4,10H,5-8H2,1H3,(H,15,18). The number of halogens is 1. The molecule has 0 spiro atoms. The molecule has 0 radical (unpaired) electrons. The van der Waals surface area contributed by atoms with Crippen LogP contribution in [0.4, 0.5) is 5.69 Å². The van der Waals surface area contributed by atoms with Gasteiger partial charge in [0.05, 0.1) is 15.9 Å². The van der Waals surface area contributed by atoms with Crippen LogP contribution in [-0.2, 0) is 11.3 Å². The summed E-state index contributed by atoms with van der Waals surface area (Å²) in [5, 5.41) is 13.8. The van der Waals surface area contributed by atoms with Crippen LogP contribution in [0.15, 0.2) is 22.7 Å². The average molecular weight is 342 g/mol. The number of hydrogen-bond donors (Lipinski definition) is 1. The molecule has 0 aliphatic heterocycles. The SMILES string of the molecule is CN(CC(=O)NC1CC1)Cc1cccc([N+](=O)[O-])c1Br.